The van der Waals surface area contributed by atoms with E-state index in [1.807, 2.05) is 0 Å². The van der Waals surface area contributed by atoms with Gasteiger partial charge in [0.25, 0.3) is 0 Å². The standard InChI is InChI=1S/C16H23NO4/c1-11(12-4-5-12)17(8-9-20-2)15-10-13(21-3)6-7-14(15)16(18)19/h6-7,10-12H,4-5,8-9H2,1-3H3,(H,18,19). The molecule has 0 saturated heterocycles. The smallest absolute Gasteiger partial charge is 0.337 e. The molecule has 116 valence electrons. The number of anilines is 1. The highest BCUT2D eigenvalue weighted by molar-refractivity contribution is 5.95. The van der Waals surface area contributed by atoms with Crippen molar-refractivity contribution in [2.75, 3.05) is 32.3 Å². The largest absolute Gasteiger partial charge is 0.497 e. The molecule has 5 nitrogen and oxygen atoms in total. The van der Waals surface area contributed by atoms with Crippen molar-refractivity contribution in [2.24, 2.45) is 5.92 Å². The normalized spacial score (nSPS) is 15.6. The van der Waals surface area contributed by atoms with Gasteiger partial charge in [0.1, 0.15) is 5.75 Å². The summed E-state index contributed by atoms with van der Waals surface area (Å²) in [6.07, 6.45) is 2.41. The van der Waals surface area contributed by atoms with Crippen LogP contribution >= 0.6 is 0 Å². The maximum atomic E-state index is 11.5. The van der Waals surface area contributed by atoms with Gasteiger partial charge in [-0.15, -0.1) is 0 Å². The number of carboxylic acid groups (broad SMARTS) is 1. The van der Waals surface area contributed by atoms with Crippen molar-refractivity contribution < 1.29 is 19.4 Å². The molecule has 0 spiro atoms. The Labute approximate surface area is 125 Å². The Balaban J connectivity index is 2.37. The fourth-order valence-electron chi connectivity index (χ4n) is 2.62. The van der Waals surface area contributed by atoms with Crippen LogP contribution in [0.5, 0.6) is 5.75 Å². The minimum Gasteiger partial charge on any atom is -0.497 e. The molecular weight excluding hydrogens is 270 g/mol. The molecule has 1 fully saturated rings. The topological polar surface area (TPSA) is 59.0 Å². The van der Waals surface area contributed by atoms with Crippen LogP contribution in [0.4, 0.5) is 5.69 Å². The van der Waals surface area contributed by atoms with E-state index in [0.717, 1.165) is 0 Å². The molecular formula is C16H23NO4. The molecule has 5 heteroatoms. The van der Waals surface area contributed by atoms with Gasteiger partial charge in [-0.1, -0.05) is 0 Å². The molecule has 0 heterocycles. The number of rotatable bonds is 8. The lowest BCUT2D eigenvalue weighted by Crippen LogP contribution is -2.38. The van der Waals surface area contributed by atoms with Gasteiger partial charge < -0.3 is 19.5 Å². The van der Waals surface area contributed by atoms with Crippen LogP contribution in [-0.2, 0) is 4.74 Å². The van der Waals surface area contributed by atoms with E-state index < -0.39 is 5.97 Å². The highest BCUT2D eigenvalue weighted by atomic mass is 16.5. The molecule has 1 aliphatic carbocycles. The summed E-state index contributed by atoms with van der Waals surface area (Å²) in [6.45, 7) is 3.38. The van der Waals surface area contributed by atoms with Crippen molar-refractivity contribution in [1.82, 2.24) is 0 Å². The van der Waals surface area contributed by atoms with Gasteiger partial charge in [0.15, 0.2) is 0 Å². The van der Waals surface area contributed by atoms with Gasteiger partial charge >= 0.3 is 5.97 Å². The van der Waals surface area contributed by atoms with Crippen molar-refractivity contribution in [1.29, 1.82) is 0 Å². The molecule has 1 unspecified atom stereocenters. The first kappa shape index (κ1) is 15.6. The predicted molar refractivity (Wildman–Crippen MR) is 81.4 cm³/mol. The average Bonchev–Trinajstić information content (AvgIpc) is 3.31. The third kappa shape index (κ3) is 3.67. The highest BCUT2D eigenvalue weighted by Gasteiger charge is 2.33. The Morgan fingerprint density at radius 3 is 2.67 bits per heavy atom. The second kappa shape index (κ2) is 6.80. The van der Waals surface area contributed by atoms with Gasteiger partial charge in [0.2, 0.25) is 0 Å². The number of benzene rings is 1. The molecule has 1 aliphatic rings. The van der Waals surface area contributed by atoms with E-state index in [1.165, 1.54) is 12.8 Å². The van der Waals surface area contributed by atoms with Gasteiger partial charge in [-0.05, 0) is 37.8 Å². The minimum atomic E-state index is -0.918. The number of hydrogen-bond donors (Lipinski definition) is 1. The first-order valence-electron chi connectivity index (χ1n) is 7.25. The molecule has 1 N–H and O–H groups in total. The molecule has 0 aliphatic heterocycles. The number of aromatic carboxylic acids is 1. The molecule has 0 bridgehead atoms. The van der Waals surface area contributed by atoms with Crippen molar-refractivity contribution in [3.63, 3.8) is 0 Å². The summed E-state index contributed by atoms with van der Waals surface area (Å²) in [7, 11) is 3.24. The molecule has 0 amide bonds. The minimum absolute atomic E-state index is 0.297. The van der Waals surface area contributed by atoms with Crippen LogP contribution in [0, 0.1) is 5.92 Å². The summed E-state index contributed by atoms with van der Waals surface area (Å²) >= 11 is 0. The van der Waals surface area contributed by atoms with Crippen LogP contribution in [-0.4, -0.2) is 44.5 Å². The number of methoxy groups -OCH3 is 2. The third-order valence-electron chi connectivity index (χ3n) is 4.08. The molecule has 21 heavy (non-hydrogen) atoms. The average molecular weight is 293 g/mol. The maximum absolute atomic E-state index is 11.5. The van der Waals surface area contributed by atoms with E-state index >= 15 is 0 Å². The van der Waals surface area contributed by atoms with Gasteiger partial charge in [-0.2, -0.15) is 0 Å². The SMILES string of the molecule is COCCN(c1cc(OC)ccc1C(=O)O)C(C)C1CC1. The van der Waals surface area contributed by atoms with Gasteiger partial charge in [0.05, 0.1) is 25.0 Å². The van der Waals surface area contributed by atoms with E-state index in [-0.39, 0.29) is 0 Å². The summed E-state index contributed by atoms with van der Waals surface area (Å²) in [5.74, 6) is 0.383. The van der Waals surface area contributed by atoms with Gasteiger partial charge in [0, 0.05) is 25.8 Å². The number of ether oxygens (including phenoxy) is 2. The Bertz CT molecular complexity index is 499. The van der Waals surface area contributed by atoms with Crippen molar-refractivity contribution in [3.05, 3.63) is 23.8 Å². The molecule has 1 atom stereocenters. The van der Waals surface area contributed by atoms with Crippen LogP contribution < -0.4 is 9.64 Å². The lowest BCUT2D eigenvalue weighted by atomic mass is 10.1. The number of carbonyl (C=O) groups is 1. The summed E-state index contributed by atoms with van der Waals surface area (Å²) < 4.78 is 10.4. The Hall–Kier alpha value is -1.75. The lowest BCUT2D eigenvalue weighted by molar-refractivity contribution is 0.0697. The van der Waals surface area contributed by atoms with E-state index in [0.29, 0.717) is 42.1 Å². The molecule has 1 aromatic carbocycles. The number of nitrogens with zero attached hydrogens (tertiary/aromatic N) is 1. The van der Waals surface area contributed by atoms with Crippen molar-refractivity contribution >= 4 is 11.7 Å². The van der Waals surface area contributed by atoms with E-state index in [9.17, 15) is 9.90 Å². The predicted octanol–water partition coefficient (Wildman–Crippen LogP) is 2.64. The lowest BCUT2D eigenvalue weighted by Gasteiger charge is -2.32. The fraction of sp³-hybridized carbons (Fsp3) is 0.562. The first-order valence-corrected chi connectivity index (χ1v) is 7.25. The van der Waals surface area contributed by atoms with E-state index in [1.54, 1.807) is 32.4 Å². The van der Waals surface area contributed by atoms with Crippen LogP contribution in [0.3, 0.4) is 0 Å². The monoisotopic (exact) mass is 293 g/mol. The zero-order valence-corrected chi connectivity index (χ0v) is 12.8. The van der Waals surface area contributed by atoms with Crippen LogP contribution in [0.25, 0.3) is 0 Å². The Morgan fingerprint density at radius 1 is 1.43 bits per heavy atom. The summed E-state index contributed by atoms with van der Waals surface area (Å²) in [6, 6.07) is 5.39. The van der Waals surface area contributed by atoms with Crippen molar-refractivity contribution in [2.45, 2.75) is 25.8 Å². The quantitative estimate of drug-likeness (QED) is 0.798. The molecule has 0 radical (unpaired) electrons. The summed E-state index contributed by atoms with van der Waals surface area (Å²) in [5.41, 5.74) is 1.01. The third-order valence-corrected chi connectivity index (χ3v) is 4.08. The molecule has 1 saturated carbocycles. The second-order valence-electron chi connectivity index (χ2n) is 5.45. The van der Waals surface area contributed by atoms with Crippen LogP contribution in [0.1, 0.15) is 30.1 Å². The first-order chi connectivity index (χ1) is 10.1. The summed E-state index contributed by atoms with van der Waals surface area (Å²) in [5, 5.41) is 9.44. The van der Waals surface area contributed by atoms with Crippen molar-refractivity contribution in [3.8, 4) is 5.75 Å². The van der Waals surface area contributed by atoms with E-state index in [4.69, 9.17) is 9.47 Å². The number of hydrogen-bond acceptors (Lipinski definition) is 4. The molecule has 1 aromatic rings. The molecule has 2 rings (SSSR count). The van der Waals surface area contributed by atoms with Gasteiger partial charge in [-0.3, -0.25) is 0 Å². The number of carboxylic acids is 1. The Morgan fingerprint density at radius 2 is 2.14 bits per heavy atom. The maximum Gasteiger partial charge on any atom is 0.337 e. The fourth-order valence-corrected chi connectivity index (χ4v) is 2.62. The zero-order valence-electron chi connectivity index (χ0n) is 12.8. The Kier molecular flexibility index (Phi) is 5.07. The highest BCUT2D eigenvalue weighted by Crippen LogP contribution is 2.38. The molecule has 0 aromatic heterocycles. The summed E-state index contributed by atoms with van der Waals surface area (Å²) in [4.78, 5) is 13.6. The van der Waals surface area contributed by atoms with Gasteiger partial charge in [-0.25, -0.2) is 4.79 Å². The zero-order chi connectivity index (χ0) is 15.4. The van der Waals surface area contributed by atoms with Crippen LogP contribution in [0.15, 0.2) is 18.2 Å². The van der Waals surface area contributed by atoms with E-state index in [2.05, 4.69) is 11.8 Å². The van der Waals surface area contributed by atoms with Crippen LogP contribution in [0.2, 0.25) is 0 Å². The second-order valence-corrected chi connectivity index (χ2v) is 5.45.